The first-order valence-corrected chi connectivity index (χ1v) is 11.6. The second kappa shape index (κ2) is 10.1. The summed E-state index contributed by atoms with van der Waals surface area (Å²) in [5.74, 6) is -1.18. The van der Waals surface area contributed by atoms with Gasteiger partial charge in [-0.2, -0.15) is 0 Å². The Morgan fingerprint density at radius 1 is 1.31 bits per heavy atom. The first-order chi connectivity index (χ1) is 16.8. The van der Waals surface area contributed by atoms with Gasteiger partial charge in [0, 0.05) is 23.4 Å². The summed E-state index contributed by atoms with van der Waals surface area (Å²) in [6, 6.07) is 8.31. The summed E-state index contributed by atoms with van der Waals surface area (Å²) >= 11 is 0. The maximum Gasteiger partial charge on any atom is 0.323 e. The molecule has 2 aromatic carbocycles. The highest BCUT2D eigenvalue weighted by atomic mass is 19.1. The molecule has 0 saturated carbocycles. The number of aliphatic carboxylic acids is 1. The van der Waals surface area contributed by atoms with E-state index < -0.39 is 29.9 Å². The number of rotatable bonds is 8. The van der Waals surface area contributed by atoms with Crippen molar-refractivity contribution in [2.45, 2.75) is 31.8 Å². The lowest BCUT2D eigenvalue weighted by molar-refractivity contribution is -0.140. The minimum atomic E-state index is -1.12. The van der Waals surface area contributed by atoms with Crippen LogP contribution in [-0.4, -0.2) is 42.0 Å². The van der Waals surface area contributed by atoms with Crippen LogP contribution in [0, 0.1) is 18.7 Å². The van der Waals surface area contributed by atoms with Gasteiger partial charge >= 0.3 is 5.97 Å². The Balaban J connectivity index is 1.79. The number of halogens is 1. The van der Waals surface area contributed by atoms with Crippen LogP contribution in [0.15, 0.2) is 61.2 Å². The minimum absolute atomic E-state index is 0.124. The maximum absolute atomic E-state index is 15.7. The second-order valence-electron chi connectivity index (χ2n) is 8.98. The topological polar surface area (TPSA) is 88.0 Å². The number of fused-ring (bicyclic) bond motifs is 1. The lowest BCUT2D eigenvalue weighted by atomic mass is 9.62. The SMILES string of the molecule is C=CC1C=CC=C(c2ccc3c(c2F)OCCO3)C1(C)c1cc(CN[C@@H](CO)C(=O)O)ccc1C. The first-order valence-electron chi connectivity index (χ1n) is 11.6. The number of carbonyl (C=O) groups is 1. The molecule has 0 fully saturated rings. The molecule has 4 rings (SSSR count). The molecule has 3 N–H and O–H groups in total. The van der Waals surface area contributed by atoms with Crippen LogP contribution < -0.4 is 14.8 Å². The molecule has 1 aliphatic carbocycles. The number of aliphatic hydroxyl groups excluding tert-OH is 1. The Morgan fingerprint density at radius 2 is 2.09 bits per heavy atom. The lowest BCUT2D eigenvalue weighted by Crippen LogP contribution is -2.39. The number of aliphatic hydroxyl groups is 1. The van der Waals surface area contributed by atoms with E-state index in [9.17, 15) is 15.0 Å². The van der Waals surface area contributed by atoms with E-state index in [0.717, 1.165) is 22.3 Å². The number of carboxylic acids is 1. The van der Waals surface area contributed by atoms with Gasteiger partial charge in [-0.15, -0.1) is 6.58 Å². The standard InChI is InChI=1S/C28H30FNO5/c1-4-19-6-5-7-21(20-10-11-24-26(25(20)29)35-13-12-34-24)28(19,3)22-14-18(9-8-17(22)2)15-30-23(16-31)27(32)33/h4-11,14,19,23,30-31H,1,12-13,15-16H2,2-3H3,(H,32,33)/t19?,23-,28?/m0/s1. The van der Waals surface area contributed by atoms with E-state index in [2.05, 4.69) is 18.8 Å². The van der Waals surface area contributed by atoms with Crippen molar-refractivity contribution in [3.05, 3.63) is 89.3 Å². The molecule has 35 heavy (non-hydrogen) atoms. The molecular formula is C28H30FNO5. The van der Waals surface area contributed by atoms with E-state index in [1.165, 1.54) is 0 Å². The van der Waals surface area contributed by atoms with Crippen LogP contribution in [0.3, 0.4) is 0 Å². The molecule has 2 aliphatic rings. The average Bonchev–Trinajstić information content (AvgIpc) is 2.86. The summed E-state index contributed by atoms with van der Waals surface area (Å²) in [6.45, 7) is 8.54. The highest BCUT2D eigenvalue weighted by Gasteiger charge is 2.41. The van der Waals surface area contributed by atoms with Crippen LogP contribution in [0.4, 0.5) is 4.39 Å². The molecule has 0 saturated heterocycles. The normalized spacial score (nSPS) is 21.8. The number of carboxylic acid groups (broad SMARTS) is 1. The number of hydrogen-bond donors (Lipinski definition) is 3. The van der Waals surface area contributed by atoms with E-state index >= 15 is 4.39 Å². The fraction of sp³-hybridized carbons (Fsp3) is 0.321. The van der Waals surface area contributed by atoms with Gasteiger partial charge in [-0.1, -0.05) is 49.4 Å². The molecule has 0 amide bonds. The van der Waals surface area contributed by atoms with Crippen LogP contribution in [0.25, 0.3) is 5.57 Å². The highest BCUT2D eigenvalue weighted by molar-refractivity contribution is 5.81. The van der Waals surface area contributed by atoms with Crippen molar-refractivity contribution in [1.29, 1.82) is 0 Å². The van der Waals surface area contributed by atoms with Gasteiger partial charge in [0.1, 0.15) is 19.3 Å². The van der Waals surface area contributed by atoms with Gasteiger partial charge in [-0.05, 0) is 41.3 Å². The Labute approximate surface area is 204 Å². The number of hydrogen-bond acceptors (Lipinski definition) is 5. The molecule has 6 nitrogen and oxygen atoms in total. The molecule has 1 heterocycles. The summed E-state index contributed by atoms with van der Waals surface area (Å²) in [4.78, 5) is 11.3. The van der Waals surface area contributed by atoms with Gasteiger partial charge in [0.2, 0.25) is 0 Å². The molecule has 2 aromatic rings. The van der Waals surface area contributed by atoms with Crippen molar-refractivity contribution in [2.24, 2.45) is 5.92 Å². The van der Waals surface area contributed by atoms with Crippen LogP contribution in [0.2, 0.25) is 0 Å². The maximum atomic E-state index is 15.7. The zero-order valence-electron chi connectivity index (χ0n) is 19.9. The molecule has 0 radical (unpaired) electrons. The Bertz CT molecular complexity index is 1200. The van der Waals surface area contributed by atoms with Gasteiger partial charge in [0.25, 0.3) is 0 Å². The zero-order valence-corrected chi connectivity index (χ0v) is 19.9. The Morgan fingerprint density at radius 3 is 2.80 bits per heavy atom. The second-order valence-corrected chi connectivity index (χ2v) is 8.98. The fourth-order valence-corrected chi connectivity index (χ4v) is 4.92. The number of allylic oxidation sites excluding steroid dienone is 5. The number of benzene rings is 2. The smallest absolute Gasteiger partial charge is 0.323 e. The quantitative estimate of drug-likeness (QED) is 0.493. The van der Waals surface area contributed by atoms with Crippen molar-refractivity contribution in [2.75, 3.05) is 19.8 Å². The fourth-order valence-electron chi connectivity index (χ4n) is 4.92. The van der Waals surface area contributed by atoms with Gasteiger partial charge in [-0.3, -0.25) is 10.1 Å². The van der Waals surface area contributed by atoms with E-state index in [-0.39, 0.29) is 24.8 Å². The van der Waals surface area contributed by atoms with E-state index in [4.69, 9.17) is 9.47 Å². The van der Waals surface area contributed by atoms with Gasteiger partial charge in [0.15, 0.2) is 17.3 Å². The predicted octanol–water partition coefficient (Wildman–Crippen LogP) is 4.15. The summed E-state index contributed by atoms with van der Waals surface area (Å²) in [6.07, 6.45) is 7.74. The summed E-state index contributed by atoms with van der Waals surface area (Å²) in [7, 11) is 0. The predicted molar refractivity (Wildman–Crippen MR) is 132 cm³/mol. The molecule has 184 valence electrons. The number of nitrogens with one attached hydrogen (secondary N) is 1. The average molecular weight is 480 g/mol. The Hall–Kier alpha value is -3.42. The summed E-state index contributed by atoms with van der Waals surface area (Å²) in [5, 5.41) is 21.4. The third kappa shape index (κ3) is 4.49. The largest absolute Gasteiger partial charge is 0.486 e. The van der Waals surface area contributed by atoms with Crippen molar-refractivity contribution in [3.63, 3.8) is 0 Å². The van der Waals surface area contributed by atoms with Crippen molar-refractivity contribution in [3.8, 4) is 11.5 Å². The van der Waals surface area contributed by atoms with Gasteiger partial charge in [-0.25, -0.2) is 4.39 Å². The third-order valence-corrected chi connectivity index (χ3v) is 6.89. The van der Waals surface area contributed by atoms with Gasteiger partial charge in [0.05, 0.1) is 6.61 Å². The van der Waals surface area contributed by atoms with Crippen LogP contribution in [0.5, 0.6) is 11.5 Å². The van der Waals surface area contributed by atoms with Crippen LogP contribution in [-0.2, 0) is 16.8 Å². The van der Waals surface area contributed by atoms with Crippen molar-refractivity contribution < 1.29 is 28.9 Å². The third-order valence-electron chi connectivity index (χ3n) is 6.89. The lowest BCUT2D eigenvalue weighted by Gasteiger charge is -2.41. The van der Waals surface area contributed by atoms with E-state index in [0.29, 0.717) is 17.9 Å². The van der Waals surface area contributed by atoms with Crippen LogP contribution >= 0.6 is 0 Å². The molecule has 2 unspecified atom stereocenters. The molecule has 3 atom stereocenters. The molecule has 0 spiro atoms. The van der Waals surface area contributed by atoms with Crippen molar-refractivity contribution >= 4 is 11.5 Å². The number of aryl methyl sites for hydroxylation is 1. The summed E-state index contributed by atoms with van der Waals surface area (Å²) in [5.41, 5.74) is 3.39. The summed E-state index contributed by atoms with van der Waals surface area (Å²) < 4.78 is 26.9. The molecule has 1 aliphatic heterocycles. The molecule has 0 bridgehead atoms. The first kappa shape index (κ1) is 24.7. The highest BCUT2D eigenvalue weighted by Crippen LogP contribution is 2.50. The monoisotopic (exact) mass is 479 g/mol. The van der Waals surface area contributed by atoms with E-state index in [1.54, 1.807) is 12.1 Å². The van der Waals surface area contributed by atoms with Crippen LogP contribution in [0.1, 0.15) is 29.2 Å². The number of ether oxygens (including phenoxy) is 2. The zero-order chi connectivity index (χ0) is 25.2. The minimum Gasteiger partial charge on any atom is -0.486 e. The Kier molecular flexibility index (Phi) is 7.10. The van der Waals surface area contributed by atoms with E-state index in [1.807, 2.05) is 49.4 Å². The molecular weight excluding hydrogens is 449 g/mol. The molecule has 7 heteroatoms. The van der Waals surface area contributed by atoms with Crippen molar-refractivity contribution in [1.82, 2.24) is 5.32 Å². The van der Waals surface area contributed by atoms with Gasteiger partial charge < -0.3 is 19.7 Å². The molecule has 0 aromatic heterocycles.